The van der Waals surface area contributed by atoms with Gasteiger partial charge in [0, 0.05) is 10.3 Å². The van der Waals surface area contributed by atoms with Gasteiger partial charge in [-0.15, -0.1) is 11.3 Å². The summed E-state index contributed by atoms with van der Waals surface area (Å²) in [6.45, 7) is 0. The third-order valence-corrected chi connectivity index (χ3v) is 7.98. The summed E-state index contributed by atoms with van der Waals surface area (Å²) in [6, 6.07) is 14.9. The third kappa shape index (κ3) is 3.00. The van der Waals surface area contributed by atoms with Gasteiger partial charge in [-0.3, -0.25) is 4.79 Å². The van der Waals surface area contributed by atoms with Gasteiger partial charge >= 0.3 is 0 Å². The Morgan fingerprint density at radius 1 is 1.00 bits per heavy atom. The molecule has 4 bridgehead atoms. The second kappa shape index (κ2) is 6.53. The van der Waals surface area contributed by atoms with Gasteiger partial charge in [0.15, 0.2) is 0 Å². The van der Waals surface area contributed by atoms with Crippen LogP contribution in [-0.4, -0.2) is 5.91 Å². The van der Waals surface area contributed by atoms with Crippen molar-refractivity contribution < 1.29 is 4.79 Å². The van der Waals surface area contributed by atoms with Gasteiger partial charge in [-0.25, -0.2) is 0 Å². The van der Waals surface area contributed by atoms with Crippen molar-refractivity contribution in [3.05, 3.63) is 58.3 Å². The first-order valence-corrected chi connectivity index (χ1v) is 11.0. The molecule has 1 atom stereocenters. The van der Waals surface area contributed by atoms with Gasteiger partial charge in [0.2, 0.25) is 5.91 Å². The highest BCUT2D eigenvalue weighted by molar-refractivity contribution is 7.10. The van der Waals surface area contributed by atoms with Gasteiger partial charge in [-0.05, 0) is 79.7 Å². The highest BCUT2D eigenvalue weighted by Gasteiger charge is 2.54. The molecule has 1 aromatic heterocycles. The topological polar surface area (TPSA) is 29.1 Å². The van der Waals surface area contributed by atoms with Gasteiger partial charge in [-0.2, -0.15) is 0 Å². The average Bonchev–Trinajstić information content (AvgIpc) is 3.15. The quantitative estimate of drug-likeness (QED) is 0.759. The number of thiophene rings is 1. The molecule has 3 heteroatoms. The Bertz CT molecular complexity index is 731. The molecular formula is C23H27NOS. The van der Waals surface area contributed by atoms with Crippen LogP contribution in [0.4, 0.5) is 0 Å². The van der Waals surface area contributed by atoms with Crippen LogP contribution in [-0.2, 0) is 11.2 Å². The lowest BCUT2D eigenvalue weighted by Gasteiger charge is -2.55. The lowest BCUT2D eigenvalue weighted by atomic mass is 9.49. The van der Waals surface area contributed by atoms with E-state index >= 15 is 0 Å². The Hall–Kier alpha value is -1.61. The van der Waals surface area contributed by atoms with Crippen molar-refractivity contribution in [2.45, 2.75) is 51.0 Å². The van der Waals surface area contributed by atoms with Gasteiger partial charge in [0.05, 0.1) is 6.04 Å². The van der Waals surface area contributed by atoms with Gasteiger partial charge in [0.1, 0.15) is 0 Å². The minimum Gasteiger partial charge on any atom is -0.348 e. The zero-order chi connectivity index (χ0) is 17.6. The van der Waals surface area contributed by atoms with Crippen molar-refractivity contribution in [1.82, 2.24) is 5.32 Å². The molecule has 0 aliphatic heterocycles. The van der Waals surface area contributed by atoms with E-state index in [1.165, 1.54) is 29.7 Å². The molecule has 4 aliphatic carbocycles. The highest BCUT2D eigenvalue weighted by Crippen LogP contribution is 2.60. The highest BCUT2D eigenvalue weighted by atomic mass is 32.1. The van der Waals surface area contributed by atoms with E-state index in [1.54, 1.807) is 11.3 Å². The lowest BCUT2D eigenvalue weighted by Crippen LogP contribution is -2.54. The molecular weight excluding hydrogens is 338 g/mol. The number of carbonyl (C=O) groups is 1. The molecule has 136 valence electrons. The molecule has 1 aromatic carbocycles. The molecule has 4 aliphatic rings. The monoisotopic (exact) mass is 365 g/mol. The maximum atomic E-state index is 13.5. The molecule has 1 N–H and O–H groups in total. The van der Waals surface area contributed by atoms with E-state index in [0.717, 1.165) is 43.4 Å². The first-order valence-electron chi connectivity index (χ1n) is 10.1. The molecule has 6 rings (SSSR count). The van der Waals surface area contributed by atoms with Crippen LogP contribution in [0.5, 0.6) is 0 Å². The number of carbonyl (C=O) groups excluding carboxylic acids is 1. The number of nitrogens with one attached hydrogen (secondary N) is 1. The van der Waals surface area contributed by atoms with Crippen LogP contribution in [0.1, 0.15) is 55.0 Å². The Kier molecular flexibility index (Phi) is 4.16. The maximum absolute atomic E-state index is 13.5. The first-order chi connectivity index (χ1) is 12.7. The van der Waals surface area contributed by atoms with Crippen molar-refractivity contribution >= 4 is 17.2 Å². The van der Waals surface area contributed by atoms with Crippen LogP contribution >= 0.6 is 11.3 Å². The molecule has 1 amide bonds. The van der Waals surface area contributed by atoms with E-state index in [2.05, 4.69) is 53.2 Å². The summed E-state index contributed by atoms with van der Waals surface area (Å²) >= 11 is 1.75. The number of hydrogen-bond acceptors (Lipinski definition) is 2. The van der Waals surface area contributed by atoms with E-state index in [1.807, 2.05) is 0 Å². The molecule has 2 aromatic rings. The fourth-order valence-corrected chi connectivity index (χ4v) is 7.04. The fourth-order valence-electron chi connectivity index (χ4n) is 6.26. The second-order valence-corrected chi connectivity index (χ2v) is 9.91. The van der Waals surface area contributed by atoms with E-state index < -0.39 is 0 Å². The standard InChI is InChI=1S/C23H27NOS/c25-22(23-13-17-9-18(14-23)11-19(10-17)15-23)24-20(21-7-4-8-26-21)12-16-5-2-1-3-6-16/h1-8,17-20H,9-15H2,(H,24,25). The van der Waals surface area contributed by atoms with E-state index in [9.17, 15) is 4.79 Å². The number of benzene rings is 1. The van der Waals surface area contributed by atoms with E-state index in [4.69, 9.17) is 0 Å². The SMILES string of the molecule is O=C(NC(Cc1ccccc1)c1cccs1)C12CC3CC(CC(C3)C1)C2. The summed E-state index contributed by atoms with van der Waals surface area (Å²) in [6.07, 6.45) is 8.41. The maximum Gasteiger partial charge on any atom is 0.226 e. The second-order valence-electron chi connectivity index (χ2n) is 8.93. The predicted octanol–water partition coefficient (Wildman–Crippen LogP) is 5.36. The Morgan fingerprint density at radius 3 is 2.23 bits per heavy atom. The first kappa shape index (κ1) is 16.6. The fraction of sp³-hybridized carbons (Fsp3) is 0.522. The van der Waals surface area contributed by atoms with Crippen molar-refractivity contribution in [3.8, 4) is 0 Å². The van der Waals surface area contributed by atoms with Crippen LogP contribution in [0, 0.1) is 23.2 Å². The molecule has 1 heterocycles. The third-order valence-electron chi connectivity index (χ3n) is 6.99. The summed E-state index contributed by atoms with van der Waals surface area (Å²) in [5, 5.41) is 5.61. The molecule has 4 saturated carbocycles. The summed E-state index contributed by atoms with van der Waals surface area (Å²) in [4.78, 5) is 14.8. The molecule has 0 radical (unpaired) electrons. The number of rotatable bonds is 5. The summed E-state index contributed by atoms with van der Waals surface area (Å²) in [5.41, 5.74) is 1.22. The Labute approximate surface area is 160 Å². The Balaban J connectivity index is 1.37. The molecule has 2 nitrogen and oxygen atoms in total. The largest absolute Gasteiger partial charge is 0.348 e. The van der Waals surface area contributed by atoms with E-state index in [-0.39, 0.29) is 11.5 Å². The summed E-state index contributed by atoms with van der Waals surface area (Å²) < 4.78 is 0. The molecule has 0 spiro atoms. The van der Waals surface area contributed by atoms with Crippen molar-refractivity contribution in [2.24, 2.45) is 23.2 Å². The van der Waals surface area contributed by atoms with Gasteiger partial charge in [0.25, 0.3) is 0 Å². The van der Waals surface area contributed by atoms with Crippen molar-refractivity contribution in [1.29, 1.82) is 0 Å². The van der Waals surface area contributed by atoms with Crippen LogP contribution < -0.4 is 5.32 Å². The predicted molar refractivity (Wildman–Crippen MR) is 106 cm³/mol. The number of amides is 1. The summed E-state index contributed by atoms with van der Waals surface area (Å²) in [7, 11) is 0. The smallest absolute Gasteiger partial charge is 0.226 e. The minimum atomic E-state index is -0.0685. The van der Waals surface area contributed by atoms with Crippen LogP contribution in [0.2, 0.25) is 0 Å². The normalized spacial score (nSPS) is 33.2. The van der Waals surface area contributed by atoms with Crippen LogP contribution in [0.15, 0.2) is 47.8 Å². The molecule has 1 unspecified atom stereocenters. The zero-order valence-electron chi connectivity index (χ0n) is 15.2. The lowest BCUT2D eigenvalue weighted by molar-refractivity contribution is -0.147. The van der Waals surface area contributed by atoms with Crippen LogP contribution in [0.25, 0.3) is 0 Å². The van der Waals surface area contributed by atoms with Gasteiger partial charge in [-0.1, -0.05) is 36.4 Å². The van der Waals surface area contributed by atoms with Gasteiger partial charge < -0.3 is 5.32 Å². The zero-order valence-corrected chi connectivity index (χ0v) is 16.0. The average molecular weight is 366 g/mol. The molecule has 0 saturated heterocycles. The van der Waals surface area contributed by atoms with Crippen molar-refractivity contribution in [3.63, 3.8) is 0 Å². The summed E-state index contributed by atoms with van der Waals surface area (Å²) in [5.74, 6) is 2.76. The minimum absolute atomic E-state index is 0.0685. The Morgan fingerprint density at radius 2 is 1.65 bits per heavy atom. The number of hydrogen-bond donors (Lipinski definition) is 1. The van der Waals surface area contributed by atoms with E-state index in [0.29, 0.717) is 5.91 Å². The van der Waals surface area contributed by atoms with Crippen LogP contribution in [0.3, 0.4) is 0 Å². The molecule has 26 heavy (non-hydrogen) atoms. The molecule has 4 fully saturated rings. The van der Waals surface area contributed by atoms with Crippen molar-refractivity contribution in [2.75, 3.05) is 0 Å².